The standard InChI is InChI=1S/C29H20BNO2/c1-2-10-22(21(9-1)19-8-7-15-31-18-19)20-16-27-29-28(17-20)33-26-14-6-4-12-24(26)30(29)23-11-3-5-13-25(23)32-27/h1-3,5-11,13-18H,4,12H2. The van der Waals surface area contributed by atoms with Crippen LogP contribution < -0.4 is 20.4 Å². The molecule has 1 aliphatic carbocycles. The van der Waals surface area contributed by atoms with Crippen molar-refractivity contribution in [3.05, 3.63) is 109 Å². The summed E-state index contributed by atoms with van der Waals surface area (Å²) in [5.74, 6) is 3.68. The third-order valence-electron chi connectivity index (χ3n) is 6.79. The van der Waals surface area contributed by atoms with E-state index in [-0.39, 0.29) is 6.71 Å². The Hall–Kier alpha value is -4.05. The molecule has 7 rings (SSSR count). The van der Waals surface area contributed by atoms with Crippen molar-refractivity contribution in [3.63, 3.8) is 0 Å². The molecule has 4 aromatic rings. The summed E-state index contributed by atoms with van der Waals surface area (Å²) in [6.45, 7) is 0.177. The first-order chi connectivity index (χ1) is 16.4. The van der Waals surface area contributed by atoms with Crippen LogP contribution >= 0.6 is 0 Å². The van der Waals surface area contributed by atoms with Crippen LogP contribution in [0.4, 0.5) is 0 Å². The number of ether oxygens (including phenoxy) is 2. The molecule has 0 fully saturated rings. The molecule has 3 aromatic carbocycles. The van der Waals surface area contributed by atoms with Gasteiger partial charge in [-0.05, 0) is 70.8 Å². The van der Waals surface area contributed by atoms with E-state index in [9.17, 15) is 0 Å². The van der Waals surface area contributed by atoms with E-state index in [0.29, 0.717) is 0 Å². The number of hydrogen-bond donors (Lipinski definition) is 0. The van der Waals surface area contributed by atoms with Crippen molar-refractivity contribution in [2.75, 3.05) is 0 Å². The van der Waals surface area contributed by atoms with E-state index < -0.39 is 0 Å². The number of allylic oxidation sites excluding steroid dienone is 3. The topological polar surface area (TPSA) is 31.4 Å². The summed E-state index contributed by atoms with van der Waals surface area (Å²) in [4.78, 5) is 4.33. The summed E-state index contributed by atoms with van der Waals surface area (Å²) in [6.07, 6.45) is 10.1. The second-order valence-electron chi connectivity index (χ2n) is 8.68. The molecule has 0 unspecified atom stereocenters. The monoisotopic (exact) mass is 425 g/mol. The molecule has 0 bridgehead atoms. The van der Waals surface area contributed by atoms with Crippen LogP contribution in [0.25, 0.3) is 22.3 Å². The van der Waals surface area contributed by atoms with Crippen LogP contribution in [0.15, 0.2) is 109 Å². The average Bonchev–Trinajstić information content (AvgIpc) is 2.89. The Morgan fingerprint density at radius 2 is 1.55 bits per heavy atom. The minimum Gasteiger partial charge on any atom is -0.459 e. The fourth-order valence-electron chi connectivity index (χ4n) is 5.33. The fourth-order valence-corrected chi connectivity index (χ4v) is 5.33. The fraction of sp³-hybridized carbons (Fsp3) is 0.0690. The van der Waals surface area contributed by atoms with Crippen LogP contribution in [0.1, 0.15) is 12.8 Å². The smallest absolute Gasteiger partial charge is 0.256 e. The molecular formula is C29H20BNO2. The third kappa shape index (κ3) is 2.87. The van der Waals surface area contributed by atoms with E-state index in [2.05, 4.69) is 77.8 Å². The lowest BCUT2D eigenvalue weighted by molar-refractivity contribution is 0.428. The molecule has 0 spiro atoms. The first-order valence-corrected chi connectivity index (χ1v) is 11.4. The van der Waals surface area contributed by atoms with Gasteiger partial charge in [0.05, 0.1) is 0 Å². The van der Waals surface area contributed by atoms with Crippen molar-refractivity contribution >= 4 is 17.6 Å². The maximum absolute atomic E-state index is 6.51. The Balaban J connectivity index is 1.45. The van der Waals surface area contributed by atoms with Gasteiger partial charge in [-0.1, -0.05) is 54.6 Å². The van der Waals surface area contributed by atoms with Gasteiger partial charge >= 0.3 is 0 Å². The maximum Gasteiger partial charge on any atom is 0.256 e. The van der Waals surface area contributed by atoms with E-state index in [1.165, 1.54) is 10.9 Å². The SMILES string of the molecule is C1=CC2=C(CC1)B1c3ccccc3Oc3cc(-c4ccccc4-c4cccnc4)cc(c31)O2. The van der Waals surface area contributed by atoms with Crippen molar-refractivity contribution in [2.24, 2.45) is 0 Å². The van der Waals surface area contributed by atoms with Crippen molar-refractivity contribution in [2.45, 2.75) is 12.8 Å². The van der Waals surface area contributed by atoms with Crippen LogP contribution in [0.3, 0.4) is 0 Å². The van der Waals surface area contributed by atoms with Crippen LogP contribution in [0, 0.1) is 0 Å². The summed E-state index contributed by atoms with van der Waals surface area (Å²) in [7, 11) is 0. The molecule has 156 valence electrons. The molecule has 2 aliphatic heterocycles. The highest BCUT2D eigenvalue weighted by Crippen LogP contribution is 2.42. The van der Waals surface area contributed by atoms with Gasteiger partial charge in [0.25, 0.3) is 6.71 Å². The summed E-state index contributed by atoms with van der Waals surface area (Å²) in [5, 5.41) is 0. The second-order valence-corrected chi connectivity index (χ2v) is 8.68. The molecule has 0 saturated heterocycles. The van der Waals surface area contributed by atoms with Gasteiger partial charge in [-0.3, -0.25) is 4.98 Å². The average molecular weight is 425 g/mol. The molecule has 3 nitrogen and oxygen atoms in total. The Morgan fingerprint density at radius 1 is 0.758 bits per heavy atom. The van der Waals surface area contributed by atoms with E-state index in [0.717, 1.165) is 63.6 Å². The Morgan fingerprint density at radius 3 is 2.39 bits per heavy atom. The highest BCUT2D eigenvalue weighted by Gasteiger charge is 2.41. The quantitative estimate of drug-likeness (QED) is 0.388. The normalized spacial score (nSPS) is 15.2. The number of nitrogens with zero attached hydrogens (tertiary/aromatic N) is 1. The molecule has 3 heterocycles. The van der Waals surface area contributed by atoms with Gasteiger partial charge in [0.15, 0.2) is 0 Å². The Kier molecular flexibility index (Phi) is 4.06. The van der Waals surface area contributed by atoms with Gasteiger partial charge in [0, 0.05) is 23.4 Å². The highest BCUT2D eigenvalue weighted by atomic mass is 16.5. The van der Waals surface area contributed by atoms with Crippen LogP contribution in [0.2, 0.25) is 0 Å². The highest BCUT2D eigenvalue weighted by molar-refractivity contribution is 6.93. The number of pyridine rings is 1. The van der Waals surface area contributed by atoms with Gasteiger partial charge in [-0.15, -0.1) is 0 Å². The Labute approximate surface area is 193 Å². The molecule has 0 radical (unpaired) electrons. The maximum atomic E-state index is 6.51. The number of benzene rings is 3. The minimum absolute atomic E-state index is 0.177. The van der Waals surface area contributed by atoms with Crippen molar-refractivity contribution < 1.29 is 9.47 Å². The molecule has 0 N–H and O–H groups in total. The van der Waals surface area contributed by atoms with Crippen molar-refractivity contribution in [1.82, 2.24) is 4.98 Å². The molecule has 4 heteroatoms. The summed E-state index contributed by atoms with van der Waals surface area (Å²) in [6, 6.07) is 25.2. The third-order valence-corrected chi connectivity index (χ3v) is 6.79. The molecule has 1 aromatic heterocycles. The molecular weight excluding hydrogens is 405 g/mol. The van der Waals surface area contributed by atoms with Crippen LogP contribution in [-0.4, -0.2) is 11.7 Å². The summed E-state index contributed by atoms with van der Waals surface area (Å²) < 4.78 is 13.0. The van der Waals surface area contributed by atoms with Crippen LogP contribution in [-0.2, 0) is 0 Å². The largest absolute Gasteiger partial charge is 0.459 e. The minimum atomic E-state index is 0.177. The molecule has 33 heavy (non-hydrogen) atoms. The molecule has 0 atom stereocenters. The zero-order valence-corrected chi connectivity index (χ0v) is 18.0. The predicted octanol–water partition coefficient (Wildman–Crippen LogP) is 5.67. The van der Waals surface area contributed by atoms with Crippen LogP contribution in [0.5, 0.6) is 17.2 Å². The number of rotatable bonds is 2. The lowest BCUT2D eigenvalue weighted by atomic mass is 9.33. The number of aromatic nitrogens is 1. The predicted molar refractivity (Wildman–Crippen MR) is 133 cm³/mol. The van der Waals surface area contributed by atoms with Crippen molar-refractivity contribution in [1.29, 1.82) is 0 Å². The van der Waals surface area contributed by atoms with E-state index in [1.807, 2.05) is 18.3 Å². The van der Waals surface area contributed by atoms with E-state index in [4.69, 9.17) is 9.47 Å². The van der Waals surface area contributed by atoms with Gasteiger partial charge < -0.3 is 9.47 Å². The summed E-state index contributed by atoms with van der Waals surface area (Å²) >= 11 is 0. The number of hydrogen-bond acceptors (Lipinski definition) is 3. The lowest BCUT2D eigenvalue weighted by Crippen LogP contribution is -2.51. The van der Waals surface area contributed by atoms with E-state index in [1.54, 1.807) is 6.20 Å². The summed E-state index contributed by atoms with van der Waals surface area (Å²) in [5.41, 5.74) is 8.15. The number of para-hydroxylation sites is 1. The second kappa shape index (κ2) is 7.24. The Bertz CT molecular complexity index is 1470. The first kappa shape index (κ1) is 18.5. The first-order valence-electron chi connectivity index (χ1n) is 11.4. The van der Waals surface area contributed by atoms with Crippen molar-refractivity contribution in [3.8, 4) is 39.5 Å². The van der Waals surface area contributed by atoms with Gasteiger partial charge in [-0.25, -0.2) is 0 Å². The van der Waals surface area contributed by atoms with E-state index >= 15 is 0 Å². The lowest BCUT2D eigenvalue weighted by Gasteiger charge is -2.35. The zero-order valence-electron chi connectivity index (χ0n) is 18.0. The molecule has 0 amide bonds. The molecule has 0 saturated carbocycles. The zero-order chi connectivity index (χ0) is 21.8. The molecule has 3 aliphatic rings. The van der Waals surface area contributed by atoms with Gasteiger partial charge in [0.1, 0.15) is 23.0 Å². The van der Waals surface area contributed by atoms with Gasteiger partial charge in [-0.2, -0.15) is 0 Å². The number of fused-ring (bicyclic) bond motifs is 3. The van der Waals surface area contributed by atoms with Gasteiger partial charge in [0.2, 0.25) is 0 Å².